The van der Waals surface area contributed by atoms with Crippen molar-refractivity contribution in [2.24, 2.45) is 11.8 Å². The zero-order chi connectivity index (χ0) is 15.7. The number of nitrogens with zero attached hydrogens (tertiary/aromatic N) is 1. The van der Waals surface area contributed by atoms with Crippen LogP contribution in [0.25, 0.3) is 0 Å². The van der Waals surface area contributed by atoms with Crippen molar-refractivity contribution in [3.8, 4) is 0 Å². The van der Waals surface area contributed by atoms with Gasteiger partial charge in [0, 0.05) is 29.0 Å². The molecule has 0 bridgehead atoms. The van der Waals surface area contributed by atoms with E-state index in [4.69, 9.17) is 0 Å². The van der Waals surface area contributed by atoms with Gasteiger partial charge >= 0.3 is 0 Å². The van der Waals surface area contributed by atoms with E-state index < -0.39 is 5.92 Å². The number of hydrazine groups is 1. The molecule has 0 aromatic heterocycles. The molecular formula is C15H16BrN3O3. The predicted molar refractivity (Wildman–Crippen MR) is 83.6 cm³/mol. The van der Waals surface area contributed by atoms with Crippen LogP contribution in [0.5, 0.6) is 0 Å². The standard InChI is InChI=1S/C15H16BrN3O3/c16-11-2-1-3-12(7-11)19-8-10(6-13(19)20)15(22)18-17-14(21)9-4-5-9/h1-3,7,9-10H,4-6,8H2,(H,17,21)(H,18,22). The van der Waals surface area contributed by atoms with Crippen LogP contribution in [0.3, 0.4) is 0 Å². The molecule has 2 aliphatic rings. The van der Waals surface area contributed by atoms with Crippen molar-refractivity contribution in [1.29, 1.82) is 0 Å². The van der Waals surface area contributed by atoms with Crippen molar-refractivity contribution < 1.29 is 14.4 Å². The lowest BCUT2D eigenvalue weighted by molar-refractivity contribution is -0.131. The highest BCUT2D eigenvalue weighted by molar-refractivity contribution is 9.10. The Morgan fingerprint density at radius 3 is 2.45 bits per heavy atom. The summed E-state index contributed by atoms with van der Waals surface area (Å²) in [6, 6.07) is 7.39. The van der Waals surface area contributed by atoms with Crippen LogP contribution >= 0.6 is 15.9 Å². The minimum atomic E-state index is -0.453. The Morgan fingerprint density at radius 1 is 1.14 bits per heavy atom. The quantitative estimate of drug-likeness (QED) is 0.793. The monoisotopic (exact) mass is 365 g/mol. The lowest BCUT2D eigenvalue weighted by atomic mass is 10.1. The Balaban J connectivity index is 1.58. The summed E-state index contributed by atoms with van der Waals surface area (Å²) < 4.78 is 0.877. The molecule has 3 rings (SSSR count). The summed E-state index contributed by atoms with van der Waals surface area (Å²) in [4.78, 5) is 37.3. The average Bonchev–Trinajstić information content (AvgIpc) is 3.27. The first-order valence-electron chi connectivity index (χ1n) is 7.20. The number of hydrogen-bond acceptors (Lipinski definition) is 3. The molecule has 1 unspecified atom stereocenters. The fourth-order valence-corrected chi connectivity index (χ4v) is 2.84. The van der Waals surface area contributed by atoms with Gasteiger partial charge in [-0.25, -0.2) is 0 Å². The van der Waals surface area contributed by atoms with Gasteiger partial charge in [0.15, 0.2) is 0 Å². The van der Waals surface area contributed by atoms with E-state index in [1.54, 1.807) is 4.90 Å². The lowest BCUT2D eigenvalue weighted by Gasteiger charge is -2.17. The first-order chi connectivity index (χ1) is 10.5. The van der Waals surface area contributed by atoms with Crippen molar-refractivity contribution in [1.82, 2.24) is 10.9 Å². The van der Waals surface area contributed by atoms with Gasteiger partial charge in [0.25, 0.3) is 0 Å². The molecular weight excluding hydrogens is 350 g/mol. The molecule has 1 heterocycles. The van der Waals surface area contributed by atoms with Crippen molar-refractivity contribution in [2.45, 2.75) is 19.3 Å². The zero-order valence-electron chi connectivity index (χ0n) is 11.8. The summed E-state index contributed by atoms with van der Waals surface area (Å²) >= 11 is 3.37. The molecule has 1 aliphatic heterocycles. The molecule has 116 valence electrons. The second-order valence-corrected chi connectivity index (χ2v) is 6.55. The Kier molecular flexibility index (Phi) is 4.15. The summed E-state index contributed by atoms with van der Waals surface area (Å²) in [5.41, 5.74) is 5.61. The molecule has 0 spiro atoms. The maximum absolute atomic E-state index is 12.1. The van der Waals surface area contributed by atoms with Crippen LogP contribution in [-0.2, 0) is 14.4 Å². The maximum atomic E-state index is 12.1. The maximum Gasteiger partial charge on any atom is 0.243 e. The van der Waals surface area contributed by atoms with Crippen molar-refractivity contribution in [3.05, 3.63) is 28.7 Å². The summed E-state index contributed by atoms with van der Waals surface area (Å²) in [6.45, 7) is 0.320. The van der Waals surface area contributed by atoms with E-state index in [9.17, 15) is 14.4 Å². The number of hydrogen-bond donors (Lipinski definition) is 2. The molecule has 1 atom stereocenters. The summed E-state index contributed by atoms with van der Waals surface area (Å²) in [7, 11) is 0. The van der Waals surface area contributed by atoms with Gasteiger partial charge in [-0.3, -0.25) is 25.2 Å². The van der Waals surface area contributed by atoms with Crippen LogP contribution < -0.4 is 15.8 Å². The number of rotatable bonds is 3. The van der Waals surface area contributed by atoms with Crippen LogP contribution in [0.2, 0.25) is 0 Å². The van der Waals surface area contributed by atoms with Crippen molar-refractivity contribution in [2.75, 3.05) is 11.4 Å². The van der Waals surface area contributed by atoms with E-state index in [1.165, 1.54) is 0 Å². The van der Waals surface area contributed by atoms with Crippen LogP contribution in [0, 0.1) is 11.8 Å². The molecule has 1 saturated heterocycles. The molecule has 1 aromatic carbocycles. The highest BCUT2D eigenvalue weighted by Crippen LogP contribution is 2.29. The lowest BCUT2D eigenvalue weighted by Crippen LogP contribution is -2.45. The van der Waals surface area contributed by atoms with Gasteiger partial charge in [-0.05, 0) is 31.0 Å². The second-order valence-electron chi connectivity index (χ2n) is 5.64. The molecule has 1 aliphatic carbocycles. The third-order valence-corrected chi connectivity index (χ3v) is 4.37. The Hall–Kier alpha value is -1.89. The van der Waals surface area contributed by atoms with Crippen LogP contribution in [0.4, 0.5) is 5.69 Å². The molecule has 6 nitrogen and oxygen atoms in total. The van der Waals surface area contributed by atoms with E-state index in [1.807, 2.05) is 24.3 Å². The Morgan fingerprint density at radius 2 is 1.82 bits per heavy atom. The predicted octanol–water partition coefficient (Wildman–Crippen LogP) is 1.36. The van der Waals surface area contributed by atoms with E-state index in [0.29, 0.717) is 6.54 Å². The van der Waals surface area contributed by atoms with Crippen LogP contribution in [-0.4, -0.2) is 24.3 Å². The molecule has 0 radical (unpaired) electrons. The van der Waals surface area contributed by atoms with Gasteiger partial charge in [-0.15, -0.1) is 0 Å². The van der Waals surface area contributed by atoms with Crippen LogP contribution in [0.15, 0.2) is 28.7 Å². The van der Waals surface area contributed by atoms with Gasteiger partial charge < -0.3 is 4.90 Å². The summed E-state index contributed by atoms with van der Waals surface area (Å²) in [5, 5.41) is 0. The topological polar surface area (TPSA) is 78.5 Å². The number of amides is 3. The van der Waals surface area contributed by atoms with Gasteiger partial charge in [-0.1, -0.05) is 22.0 Å². The van der Waals surface area contributed by atoms with E-state index in [-0.39, 0.29) is 30.1 Å². The molecule has 1 saturated carbocycles. The number of benzene rings is 1. The molecule has 3 amide bonds. The fourth-order valence-electron chi connectivity index (χ4n) is 2.45. The molecule has 22 heavy (non-hydrogen) atoms. The second kappa shape index (κ2) is 6.08. The largest absolute Gasteiger partial charge is 0.312 e. The minimum absolute atomic E-state index is 0.0312. The minimum Gasteiger partial charge on any atom is -0.312 e. The van der Waals surface area contributed by atoms with E-state index >= 15 is 0 Å². The van der Waals surface area contributed by atoms with Gasteiger partial charge in [0.2, 0.25) is 17.7 Å². The smallest absolute Gasteiger partial charge is 0.243 e. The van der Waals surface area contributed by atoms with Gasteiger partial charge in [-0.2, -0.15) is 0 Å². The third kappa shape index (κ3) is 3.30. The number of nitrogens with one attached hydrogen (secondary N) is 2. The van der Waals surface area contributed by atoms with Crippen LogP contribution in [0.1, 0.15) is 19.3 Å². The molecule has 2 fully saturated rings. The molecule has 7 heteroatoms. The number of anilines is 1. The van der Waals surface area contributed by atoms with Gasteiger partial charge in [0.05, 0.1) is 5.92 Å². The highest BCUT2D eigenvalue weighted by atomic mass is 79.9. The van der Waals surface area contributed by atoms with Crippen molar-refractivity contribution >= 4 is 39.3 Å². The number of carbonyl (C=O) groups excluding carboxylic acids is 3. The van der Waals surface area contributed by atoms with Crippen molar-refractivity contribution in [3.63, 3.8) is 0 Å². The molecule has 2 N–H and O–H groups in total. The summed E-state index contributed by atoms with van der Waals surface area (Å²) in [5.74, 6) is -0.984. The Labute approximate surface area is 136 Å². The first kappa shape index (κ1) is 15.0. The van der Waals surface area contributed by atoms with E-state index in [0.717, 1.165) is 23.0 Å². The highest BCUT2D eigenvalue weighted by Gasteiger charge is 2.36. The fraction of sp³-hybridized carbons (Fsp3) is 0.400. The first-order valence-corrected chi connectivity index (χ1v) is 7.99. The zero-order valence-corrected chi connectivity index (χ0v) is 13.4. The Bertz CT molecular complexity index is 630. The number of halogens is 1. The number of carbonyl (C=O) groups is 3. The SMILES string of the molecule is O=C(NNC(=O)C1CC(=O)N(c2cccc(Br)c2)C1)C1CC1. The normalized spacial score (nSPS) is 20.9. The van der Waals surface area contributed by atoms with Gasteiger partial charge in [0.1, 0.15) is 0 Å². The summed E-state index contributed by atoms with van der Waals surface area (Å²) in [6.07, 6.45) is 1.90. The third-order valence-electron chi connectivity index (χ3n) is 3.87. The molecule has 1 aromatic rings. The van der Waals surface area contributed by atoms with E-state index in [2.05, 4.69) is 26.8 Å². The average molecular weight is 366 g/mol.